The van der Waals surface area contributed by atoms with Crippen LogP contribution >= 0.6 is 22.9 Å². The summed E-state index contributed by atoms with van der Waals surface area (Å²) >= 11 is 7.23. The second-order valence-corrected chi connectivity index (χ2v) is 5.54. The summed E-state index contributed by atoms with van der Waals surface area (Å²) in [5, 5.41) is 3.01. The van der Waals surface area contributed by atoms with E-state index >= 15 is 0 Å². The zero-order chi connectivity index (χ0) is 12.1. The molecule has 1 rings (SSSR count). The lowest BCUT2D eigenvalue weighted by atomic mass is 10.1. The van der Waals surface area contributed by atoms with Crippen molar-refractivity contribution in [1.29, 1.82) is 0 Å². The van der Waals surface area contributed by atoms with Crippen molar-refractivity contribution in [1.82, 2.24) is 5.32 Å². The average molecular weight is 260 g/mol. The minimum absolute atomic E-state index is 0.0261. The van der Waals surface area contributed by atoms with Gasteiger partial charge in [0, 0.05) is 16.8 Å². The molecule has 0 aromatic carbocycles. The van der Waals surface area contributed by atoms with E-state index in [1.54, 1.807) is 11.3 Å². The van der Waals surface area contributed by atoms with Gasteiger partial charge in [0.05, 0.1) is 4.88 Å². The minimum Gasteiger partial charge on any atom is -0.349 e. The summed E-state index contributed by atoms with van der Waals surface area (Å²) in [6.07, 6.45) is 1.74. The van der Waals surface area contributed by atoms with Crippen LogP contribution in [0, 0.1) is 13.8 Å². The van der Waals surface area contributed by atoms with E-state index in [-0.39, 0.29) is 11.9 Å². The third-order valence-corrected chi connectivity index (χ3v) is 4.04. The fraction of sp³-hybridized carbons (Fsp3) is 0.583. The van der Waals surface area contributed by atoms with Crippen LogP contribution in [0.1, 0.15) is 39.9 Å². The molecule has 1 heterocycles. The zero-order valence-corrected chi connectivity index (χ0v) is 11.5. The molecule has 0 fully saturated rings. The molecule has 0 bridgehead atoms. The molecule has 1 amide bonds. The van der Waals surface area contributed by atoms with Gasteiger partial charge in [0.15, 0.2) is 0 Å². The Bertz CT molecular complexity index is 342. The topological polar surface area (TPSA) is 29.1 Å². The van der Waals surface area contributed by atoms with Gasteiger partial charge in [0.2, 0.25) is 0 Å². The Labute approximate surface area is 106 Å². The number of hydrogen-bond donors (Lipinski definition) is 1. The van der Waals surface area contributed by atoms with Crippen molar-refractivity contribution < 1.29 is 4.79 Å². The summed E-state index contributed by atoms with van der Waals surface area (Å²) in [4.78, 5) is 13.9. The summed E-state index contributed by atoms with van der Waals surface area (Å²) < 4.78 is 0. The largest absolute Gasteiger partial charge is 0.349 e. The number of nitrogens with one attached hydrogen (secondary N) is 1. The predicted octanol–water partition coefficient (Wildman–Crippen LogP) is 3.50. The van der Waals surface area contributed by atoms with Crippen LogP contribution in [0.15, 0.2) is 6.07 Å². The summed E-state index contributed by atoms with van der Waals surface area (Å²) in [5.41, 5.74) is 1.18. The third kappa shape index (κ3) is 3.49. The molecule has 1 unspecified atom stereocenters. The van der Waals surface area contributed by atoms with E-state index in [0.717, 1.165) is 17.7 Å². The van der Waals surface area contributed by atoms with Crippen molar-refractivity contribution in [2.24, 2.45) is 0 Å². The number of halogens is 1. The highest BCUT2D eigenvalue weighted by atomic mass is 35.5. The molecule has 1 aromatic rings. The van der Waals surface area contributed by atoms with Gasteiger partial charge in [0.1, 0.15) is 0 Å². The number of aryl methyl sites for hydroxylation is 2. The molecule has 4 heteroatoms. The molecule has 1 N–H and O–H groups in total. The Morgan fingerprint density at radius 3 is 2.69 bits per heavy atom. The summed E-state index contributed by atoms with van der Waals surface area (Å²) in [5.74, 6) is 0.611. The molecule has 1 aromatic heterocycles. The van der Waals surface area contributed by atoms with E-state index in [9.17, 15) is 4.79 Å². The van der Waals surface area contributed by atoms with Crippen molar-refractivity contribution in [3.8, 4) is 0 Å². The minimum atomic E-state index is 0.0261. The van der Waals surface area contributed by atoms with Gasteiger partial charge in [-0.1, -0.05) is 6.92 Å². The molecule has 0 aliphatic heterocycles. The second-order valence-electron chi connectivity index (χ2n) is 3.91. The van der Waals surface area contributed by atoms with Gasteiger partial charge in [-0.2, -0.15) is 0 Å². The van der Waals surface area contributed by atoms with Gasteiger partial charge in [-0.25, -0.2) is 0 Å². The van der Waals surface area contributed by atoms with Crippen LogP contribution in [0.25, 0.3) is 0 Å². The maximum absolute atomic E-state index is 11.9. The van der Waals surface area contributed by atoms with E-state index in [1.165, 1.54) is 10.4 Å². The normalized spacial score (nSPS) is 12.5. The van der Waals surface area contributed by atoms with Crippen LogP contribution in [-0.4, -0.2) is 17.8 Å². The third-order valence-electron chi connectivity index (χ3n) is 2.68. The van der Waals surface area contributed by atoms with E-state index in [1.807, 2.05) is 19.9 Å². The van der Waals surface area contributed by atoms with Crippen LogP contribution in [0.3, 0.4) is 0 Å². The Kier molecular flexibility index (Phi) is 5.29. The first kappa shape index (κ1) is 13.5. The predicted molar refractivity (Wildman–Crippen MR) is 70.7 cm³/mol. The fourth-order valence-electron chi connectivity index (χ4n) is 1.45. The van der Waals surface area contributed by atoms with Crippen molar-refractivity contribution in [3.05, 3.63) is 21.4 Å². The maximum Gasteiger partial charge on any atom is 0.261 e. The molecular weight excluding hydrogens is 242 g/mol. The quantitative estimate of drug-likeness (QED) is 0.806. The van der Waals surface area contributed by atoms with Crippen LogP contribution < -0.4 is 5.32 Å². The van der Waals surface area contributed by atoms with Crippen LogP contribution in [0.2, 0.25) is 0 Å². The number of amides is 1. The summed E-state index contributed by atoms with van der Waals surface area (Å²) in [6.45, 7) is 6.12. The lowest BCUT2D eigenvalue weighted by Gasteiger charge is -2.14. The van der Waals surface area contributed by atoms with E-state index in [2.05, 4.69) is 12.2 Å². The zero-order valence-electron chi connectivity index (χ0n) is 9.97. The van der Waals surface area contributed by atoms with Crippen molar-refractivity contribution in [3.63, 3.8) is 0 Å². The standard InChI is InChI=1S/C12H18ClNOS/c1-4-10(5-6-13)14-12(15)11-7-8(2)9(3)16-11/h7,10H,4-6H2,1-3H3,(H,14,15). The van der Waals surface area contributed by atoms with Gasteiger partial charge < -0.3 is 5.32 Å². The van der Waals surface area contributed by atoms with Gasteiger partial charge in [-0.3, -0.25) is 4.79 Å². The lowest BCUT2D eigenvalue weighted by Crippen LogP contribution is -2.34. The molecular formula is C12H18ClNOS. The number of hydrogen-bond acceptors (Lipinski definition) is 2. The number of alkyl halides is 1. The molecule has 0 saturated carbocycles. The maximum atomic E-state index is 11.9. The molecule has 2 nitrogen and oxygen atoms in total. The van der Waals surface area contributed by atoms with Crippen molar-refractivity contribution in [2.45, 2.75) is 39.7 Å². The second kappa shape index (κ2) is 6.26. The Morgan fingerprint density at radius 2 is 2.25 bits per heavy atom. The first-order valence-corrected chi connectivity index (χ1v) is 6.87. The Morgan fingerprint density at radius 1 is 1.56 bits per heavy atom. The van der Waals surface area contributed by atoms with Gasteiger partial charge >= 0.3 is 0 Å². The van der Waals surface area contributed by atoms with E-state index < -0.39 is 0 Å². The molecule has 1 atom stereocenters. The van der Waals surface area contributed by atoms with E-state index in [0.29, 0.717) is 5.88 Å². The van der Waals surface area contributed by atoms with Crippen LogP contribution in [0.5, 0.6) is 0 Å². The SMILES string of the molecule is CCC(CCCl)NC(=O)c1cc(C)c(C)s1. The number of rotatable bonds is 5. The van der Waals surface area contributed by atoms with Gasteiger partial charge in [-0.15, -0.1) is 22.9 Å². The molecule has 0 aliphatic carbocycles. The molecule has 0 spiro atoms. The summed E-state index contributed by atoms with van der Waals surface area (Å²) in [6, 6.07) is 2.13. The van der Waals surface area contributed by atoms with Gasteiger partial charge in [0.25, 0.3) is 5.91 Å². The van der Waals surface area contributed by atoms with Crippen LogP contribution in [0.4, 0.5) is 0 Å². The monoisotopic (exact) mass is 259 g/mol. The Balaban J connectivity index is 2.64. The molecule has 0 aliphatic rings. The average Bonchev–Trinajstić information content (AvgIpc) is 2.58. The van der Waals surface area contributed by atoms with Crippen LogP contribution in [-0.2, 0) is 0 Å². The molecule has 0 saturated heterocycles. The van der Waals surface area contributed by atoms with Crippen molar-refractivity contribution >= 4 is 28.8 Å². The number of thiophene rings is 1. The smallest absolute Gasteiger partial charge is 0.261 e. The number of carbonyl (C=O) groups excluding carboxylic acids is 1. The molecule has 0 radical (unpaired) electrons. The van der Waals surface area contributed by atoms with E-state index in [4.69, 9.17) is 11.6 Å². The molecule has 90 valence electrons. The first-order chi connectivity index (χ1) is 7.58. The van der Waals surface area contributed by atoms with Gasteiger partial charge in [-0.05, 0) is 38.3 Å². The molecule has 16 heavy (non-hydrogen) atoms. The lowest BCUT2D eigenvalue weighted by molar-refractivity contribution is 0.0939. The highest BCUT2D eigenvalue weighted by Crippen LogP contribution is 2.20. The summed E-state index contributed by atoms with van der Waals surface area (Å²) in [7, 11) is 0. The highest BCUT2D eigenvalue weighted by Gasteiger charge is 2.14. The highest BCUT2D eigenvalue weighted by molar-refractivity contribution is 7.14. The van der Waals surface area contributed by atoms with Crippen molar-refractivity contribution in [2.75, 3.05) is 5.88 Å². The Hall–Kier alpha value is -0.540. The number of carbonyl (C=O) groups is 1. The first-order valence-electron chi connectivity index (χ1n) is 5.52. The fourth-order valence-corrected chi connectivity index (χ4v) is 2.65.